The summed E-state index contributed by atoms with van der Waals surface area (Å²) >= 11 is 0. The predicted octanol–water partition coefficient (Wildman–Crippen LogP) is 2.46. The van der Waals surface area contributed by atoms with E-state index in [1.54, 1.807) is 0 Å². The molecule has 1 aromatic carbocycles. The maximum absolute atomic E-state index is 5.57. The zero-order valence-corrected chi connectivity index (χ0v) is 9.46. The van der Waals surface area contributed by atoms with Crippen molar-refractivity contribution in [2.75, 3.05) is 0 Å². The van der Waals surface area contributed by atoms with Crippen molar-refractivity contribution in [3.8, 4) is 0 Å². The van der Waals surface area contributed by atoms with Crippen molar-refractivity contribution >= 4 is 0 Å². The lowest BCUT2D eigenvalue weighted by atomic mass is 9.92. The van der Waals surface area contributed by atoms with Gasteiger partial charge >= 0.3 is 0 Å². The third kappa shape index (κ3) is 2.34. The van der Waals surface area contributed by atoms with Crippen LogP contribution in [0.3, 0.4) is 0 Å². The molecule has 1 aromatic rings. The number of nitrogens with two attached hydrogens (primary N) is 1. The van der Waals surface area contributed by atoms with Crippen molar-refractivity contribution in [2.24, 2.45) is 11.8 Å². The first kappa shape index (κ1) is 11.2. The number of aryl methyl sites for hydroxylation is 2. The molecule has 0 heterocycles. The van der Waals surface area contributed by atoms with E-state index in [0.29, 0.717) is 5.92 Å². The van der Waals surface area contributed by atoms with E-state index in [1.165, 1.54) is 16.7 Å². The van der Waals surface area contributed by atoms with E-state index in [9.17, 15) is 0 Å². The smallest absolute Gasteiger partial charge is 0.0485 e. The molecule has 0 saturated carbocycles. The summed E-state index contributed by atoms with van der Waals surface area (Å²) < 4.78 is 0. The van der Waals surface area contributed by atoms with Crippen LogP contribution in [0.15, 0.2) is 18.2 Å². The Balaban J connectivity index is 3.08. The summed E-state index contributed by atoms with van der Waals surface area (Å²) in [5.74, 6) is 6.08. The van der Waals surface area contributed by atoms with Gasteiger partial charge in [0.1, 0.15) is 0 Å². The molecule has 78 valence electrons. The van der Waals surface area contributed by atoms with Gasteiger partial charge in [-0.25, -0.2) is 0 Å². The highest BCUT2D eigenvalue weighted by Crippen LogP contribution is 2.24. The number of hydrogen-bond donors (Lipinski definition) is 2. The Morgan fingerprint density at radius 2 is 1.86 bits per heavy atom. The Morgan fingerprint density at radius 1 is 1.21 bits per heavy atom. The Kier molecular flexibility index (Phi) is 3.67. The van der Waals surface area contributed by atoms with Crippen molar-refractivity contribution in [2.45, 2.75) is 33.7 Å². The van der Waals surface area contributed by atoms with E-state index in [-0.39, 0.29) is 6.04 Å². The van der Waals surface area contributed by atoms with Crippen molar-refractivity contribution in [1.82, 2.24) is 5.43 Å². The maximum atomic E-state index is 5.57. The minimum Gasteiger partial charge on any atom is -0.271 e. The fraction of sp³-hybridized carbons (Fsp3) is 0.500. The summed E-state index contributed by atoms with van der Waals surface area (Å²) in [5, 5.41) is 0. The van der Waals surface area contributed by atoms with E-state index in [4.69, 9.17) is 5.84 Å². The highest BCUT2D eigenvalue weighted by atomic mass is 15.2. The maximum Gasteiger partial charge on any atom is 0.0485 e. The molecule has 1 atom stereocenters. The van der Waals surface area contributed by atoms with Crippen LogP contribution in [0.25, 0.3) is 0 Å². The lowest BCUT2D eigenvalue weighted by Crippen LogP contribution is -2.32. The lowest BCUT2D eigenvalue weighted by molar-refractivity contribution is 0.419. The molecular weight excluding hydrogens is 172 g/mol. The molecule has 2 nitrogen and oxygen atoms in total. The van der Waals surface area contributed by atoms with Gasteiger partial charge in [-0.05, 0) is 30.9 Å². The fourth-order valence-corrected chi connectivity index (χ4v) is 1.74. The van der Waals surface area contributed by atoms with Crippen LogP contribution in [-0.4, -0.2) is 0 Å². The second kappa shape index (κ2) is 4.58. The molecule has 14 heavy (non-hydrogen) atoms. The van der Waals surface area contributed by atoms with Crippen molar-refractivity contribution in [3.63, 3.8) is 0 Å². The monoisotopic (exact) mass is 192 g/mol. The summed E-state index contributed by atoms with van der Waals surface area (Å²) in [6.07, 6.45) is 0. The molecule has 0 fully saturated rings. The Labute approximate surface area is 86.5 Å². The highest BCUT2D eigenvalue weighted by molar-refractivity contribution is 5.33. The number of hydrogen-bond acceptors (Lipinski definition) is 2. The van der Waals surface area contributed by atoms with Gasteiger partial charge in [0.25, 0.3) is 0 Å². The van der Waals surface area contributed by atoms with Crippen molar-refractivity contribution in [1.29, 1.82) is 0 Å². The second-order valence-corrected chi connectivity index (χ2v) is 4.25. The first-order valence-corrected chi connectivity index (χ1v) is 5.09. The Bertz CT molecular complexity index is 305. The van der Waals surface area contributed by atoms with Gasteiger partial charge < -0.3 is 0 Å². The van der Waals surface area contributed by atoms with Gasteiger partial charge in [0.15, 0.2) is 0 Å². The Hall–Kier alpha value is -0.860. The van der Waals surface area contributed by atoms with Crippen LogP contribution in [0.2, 0.25) is 0 Å². The van der Waals surface area contributed by atoms with Crippen LogP contribution in [0.4, 0.5) is 0 Å². The molecule has 3 N–H and O–H groups in total. The zero-order valence-electron chi connectivity index (χ0n) is 9.46. The number of benzene rings is 1. The summed E-state index contributed by atoms with van der Waals surface area (Å²) in [6, 6.07) is 6.74. The quantitative estimate of drug-likeness (QED) is 0.570. The van der Waals surface area contributed by atoms with Gasteiger partial charge in [0, 0.05) is 6.04 Å². The normalized spacial score (nSPS) is 13.3. The largest absolute Gasteiger partial charge is 0.271 e. The van der Waals surface area contributed by atoms with Gasteiger partial charge in [0.05, 0.1) is 0 Å². The predicted molar refractivity (Wildman–Crippen MR) is 60.8 cm³/mol. The van der Waals surface area contributed by atoms with Crippen LogP contribution < -0.4 is 11.3 Å². The van der Waals surface area contributed by atoms with Gasteiger partial charge in [-0.2, -0.15) is 0 Å². The molecular formula is C12H20N2. The molecule has 2 heteroatoms. The summed E-state index contributed by atoms with van der Waals surface area (Å²) in [4.78, 5) is 0. The molecule has 0 bridgehead atoms. The van der Waals surface area contributed by atoms with E-state index < -0.39 is 0 Å². The molecule has 0 aromatic heterocycles. The highest BCUT2D eigenvalue weighted by Gasteiger charge is 2.15. The summed E-state index contributed by atoms with van der Waals surface area (Å²) in [6.45, 7) is 8.58. The topological polar surface area (TPSA) is 38.0 Å². The first-order valence-electron chi connectivity index (χ1n) is 5.09. The standard InChI is InChI=1S/C12H20N2/c1-8(2)12(14-13)11-7-9(3)5-6-10(11)4/h5-8,12,14H,13H2,1-4H3. The Morgan fingerprint density at radius 3 is 2.36 bits per heavy atom. The molecule has 0 saturated heterocycles. The molecule has 0 aliphatic rings. The third-order valence-corrected chi connectivity index (χ3v) is 2.62. The van der Waals surface area contributed by atoms with Gasteiger partial charge in [0.2, 0.25) is 0 Å². The molecule has 0 aliphatic heterocycles. The van der Waals surface area contributed by atoms with E-state index in [1.807, 2.05) is 0 Å². The molecule has 0 spiro atoms. The minimum absolute atomic E-state index is 0.245. The molecule has 1 unspecified atom stereocenters. The van der Waals surface area contributed by atoms with E-state index >= 15 is 0 Å². The van der Waals surface area contributed by atoms with Gasteiger partial charge in [-0.15, -0.1) is 0 Å². The average Bonchev–Trinajstić information content (AvgIpc) is 2.11. The van der Waals surface area contributed by atoms with Crippen LogP contribution in [0, 0.1) is 19.8 Å². The SMILES string of the molecule is Cc1ccc(C)c(C(NN)C(C)C)c1. The molecule has 0 amide bonds. The summed E-state index contributed by atoms with van der Waals surface area (Å²) in [7, 11) is 0. The lowest BCUT2D eigenvalue weighted by Gasteiger charge is -2.22. The van der Waals surface area contributed by atoms with Crippen LogP contribution in [0.5, 0.6) is 0 Å². The second-order valence-electron chi connectivity index (χ2n) is 4.25. The van der Waals surface area contributed by atoms with Gasteiger partial charge in [-0.3, -0.25) is 11.3 Å². The number of nitrogens with one attached hydrogen (secondary N) is 1. The van der Waals surface area contributed by atoms with E-state index in [2.05, 4.69) is 51.3 Å². The molecule has 0 aliphatic carbocycles. The van der Waals surface area contributed by atoms with Crippen LogP contribution >= 0.6 is 0 Å². The molecule has 1 rings (SSSR count). The van der Waals surface area contributed by atoms with E-state index in [0.717, 1.165) is 0 Å². The van der Waals surface area contributed by atoms with Crippen molar-refractivity contribution in [3.05, 3.63) is 34.9 Å². The zero-order chi connectivity index (χ0) is 10.7. The van der Waals surface area contributed by atoms with Crippen LogP contribution in [0.1, 0.15) is 36.6 Å². The third-order valence-electron chi connectivity index (χ3n) is 2.62. The molecule has 0 radical (unpaired) electrons. The summed E-state index contributed by atoms with van der Waals surface area (Å²) in [5.41, 5.74) is 6.78. The van der Waals surface area contributed by atoms with Crippen LogP contribution in [-0.2, 0) is 0 Å². The number of rotatable bonds is 3. The van der Waals surface area contributed by atoms with Gasteiger partial charge in [-0.1, -0.05) is 37.6 Å². The fourth-order valence-electron chi connectivity index (χ4n) is 1.74. The average molecular weight is 192 g/mol. The van der Waals surface area contributed by atoms with Crippen molar-refractivity contribution < 1.29 is 0 Å². The number of hydrazine groups is 1. The minimum atomic E-state index is 0.245. The first-order chi connectivity index (χ1) is 6.56.